The van der Waals surface area contributed by atoms with Crippen LogP contribution in [-0.4, -0.2) is 68.0 Å². The van der Waals surface area contributed by atoms with Gasteiger partial charge in [0.15, 0.2) is 5.96 Å². The summed E-state index contributed by atoms with van der Waals surface area (Å²) < 4.78 is 31.4. The Balaban J connectivity index is 1.57. The highest BCUT2D eigenvalue weighted by atomic mass is 35.5. The zero-order valence-corrected chi connectivity index (χ0v) is 18.0. The monoisotopic (exact) mass is 439 g/mol. The van der Waals surface area contributed by atoms with E-state index < -0.39 is 10.0 Å². The molecule has 8 nitrogen and oxygen atoms in total. The molecule has 0 atom stereocenters. The van der Waals surface area contributed by atoms with Crippen LogP contribution in [0.5, 0.6) is 0 Å². The molecule has 2 aromatic rings. The van der Waals surface area contributed by atoms with Crippen molar-refractivity contribution >= 4 is 27.6 Å². The fourth-order valence-corrected chi connectivity index (χ4v) is 4.83. The molecule has 0 amide bonds. The Bertz CT molecular complexity index is 910. The van der Waals surface area contributed by atoms with Crippen LogP contribution in [-0.2, 0) is 22.2 Å². The second-order valence-corrected chi connectivity index (χ2v) is 9.09. The quantitative estimate of drug-likeness (QED) is 0.524. The summed E-state index contributed by atoms with van der Waals surface area (Å²) in [4.78, 5) is 6.80. The second kappa shape index (κ2) is 10.1. The molecule has 0 bridgehead atoms. The van der Waals surface area contributed by atoms with Gasteiger partial charge in [0.2, 0.25) is 10.0 Å². The summed E-state index contributed by atoms with van der Waals surface area (Å²) in [5, 5.41) is 7.74. The number of benzene rings is 1. The zero-order valence-electron chi connectivity index (χ0n) is 16.4. The van der Waals surface area contributed by atoms with Crippen molar-refractivity contribution in [2.45, 2.75) is 19.1 Å². The summed E-state index contributed by atoms with van der Waals surface area (Å²) in [7, 11) is -3.42. The van der Waals surface area contributed by atoms with E-state index in [0.717, 1.165) is 29.5 Å². The van der Waals surface area contributed by atoms with Crippen molar-refractivity contribution in [2.75, 3.05) is 39.3 Å². The maximum atomic E-state index is 12.6. The lowest BCUT2D eigenvalue weighted by Gasteiger charge is -2.35. The van der Waals surface area contributed by atoms with E-state index in [1.54, 1.807) is 6.07 Å². The number of halogens is 1. The second-order valence-electron chi connectivity index (χ2n) is 6.71. The van der Waals surface area contributed by atoms with E-state index in [9.17, 15) is 8.42 Å². The lowest BCUT2D eigenvalue weighted by atomic mass is 10.1. The lowest BCUT2D eigenvalue weighted by Crippen LogP contribution is -2.54. The van der Waals surface area contributed by atoms with Gasteiger partial charge in [0.25, 0.3) is 0 Å². The molecule has 2 heterocycles. The van der Waals surface area contributed by atoms with Gasteiger partial charge in [-0.15, -0.1) is 0 Å². The number of aliphatic imine (C=N–C) groups is 1. The third-order valence-corrected chi connectivity index (χ3v) is 6.87. The molecule has 0 radical (unpaired) electrons. The van der Waals surface area contributed by atoms with Crippen molar-refractivity contribution in [1.82, 2.24) is 19.7 Å². The minimum atomic E-state index is -3.42. The first-order valence-electron chi connectivity index (χ1n) is 9.63. The van der Waals surface area contributed by atoms with Crippen LogP contribution in [0, 0.1) is 0 Å². The first kappa shape index (κ1) is 21.6. The lowest BCUT2D eigenvalue weighted by molar-refractivity contribution is 0.260. The molecule has 1 fully saturated rings. The maximum absolute atomic E-state index is 12.6. The normalized spacial score (nSPS) is 16.2. The van der Waals surface area contributed by atoms with E-state index in [4.69, 9.17) is 21.1 Å². The number of aromatic nitrogens is 1. The third-order valence-electron chi connectivity index (χ3n) is 4.69. The van der Waals surface area contributed by atoms with E-state index >= 15 is 0 Å². The highest BCUT2D eigenvalue weighted by molar-refractivity contribution is 7.88. The van der Waals surface area contributed by atoms with Gasteiger partial charge in [-0.2, -0.15) is 4.31 Å². The molecule has 3 rings (SSSR count). The van der Waals surface area contributed by atoms with Crippen LogP contribution in [0.3, 0.4) is 0 Å². The van der Waals surface area contributed by atoms with Crippen LogP contribution in [0.4, 0.5) is 0 Å². The Hall–Kier alpha value is -2.10. The van der Waals surface area contributed by atoms with Crippen LogP contribution in [0.15, 0.2) is 46.1 Å². The van der Waals surface area contributed by atoms with E-state index in [0.29, 0.717) is 38.4 Å². The predicted octanol–water partition coefficient (Wildman–Crippen LogP) is 1.98. The summed E-state index contributed by atoms with van der Waals surface area (Å²) in [6, 6.07) is 9.33. The minimum absolute atomic E-state index is 0.143. The molecular weight excluding hydrogens is 414 g/mol. The van der Waals surface area contributed by atoms with E-state index in [-0.39, 0.29) is 5.75 Å². The van der Waals surface area contributed by atoms with Crippen LogP contribution >= 0.6 is 11.6 Å². The van der Waals surface area contributed by atoms with Gasteiger partial charge < -0.3 is 14.7 Å². The SMILES string of the molecule is CCNC(=NCCc1ccccc1Cl)N1CCN(S(=O)(=O)Cc2ccon2)CC1. The van der Waals surface area contributed by atoms with Crippen molar-refractivity contribution in [3.63, 3.8) is 0 Å². The van der Waals surface area contributed by atoms with Gasteiger partial charge in [0.05, 0.1) is 5.69 Å². The third kappa shape index (κ3) is 5.94. The van der Waals surface area contributed by atoms with Crippen molar-refractivity contribution in [2.24, 2.45) is 4.99 Å². The molecule has 0 aliphatic carbocycles. The Morgan fingerprint density at radius 1 is 1.24 bits per heavy atom. The number of rotatable bonds is 7. The van der Waals surface area contributed by atoms with Gasteiger partial charge in [-0.1, -0.05) is 35.0 Å². The summed E-state index contributed by atoms with van der Waals surface area (Å²) in [5.41, 5.74) is 1.49. The Morgan fingerprint density at radius 2 is 2.00 bits per heavy atom. The van der Waals surface area contributed by atoms with Crippen LogP contribution in [0.2, 0.25) is 5.02 Å². The fraction of sp³-hybridized carbons (Fsp3) is 0.474. The minimum Gasteiger partial charge on any atom is -0.364 e. The van der Waals surface area contributed by atoms with Gasteiger partial charge >= 0.3 is 0 Å². The summed E-state index contributed by atoms with van der Waals surface area (Å²) in [6.45, 7) is 5.35. The number of nitrogens with one attached hydrogen (secondary N) is 1. The van der Waals surface area contributed by atoms with Crippen LogP contribution in [0.25, 0.3) is 0 Å². The van der Waals surface area contributed by atoms with Gasteiger partial charge in [-0.25, -0.2) is 8.42 Å². The van der Waals surface area contributed by atoms with E-state index in [2.05, 4.69) is 15.4 Å². The molecular formula is C19H26ClN5O3S. The maximum Gasteiger partial charge on any atom is 0.220 e. The smallest absolute Gasteiger partial charge is 0.220 e. The molecule has 0 saturated carbocycles. The molecule has 29 heavy (non-hydrogen) atoms. The number of sulfonamides is 1. The molecule has 1 aliphatic rings. The summed E-state index contributed by atoms with van der Waals surface area (Å²) in [5.74, 6) is 0.656. The number of nitrogens with zero attached hydrogens (tertiary/aromatic N) is 4. The first-order chi connectivity index (χ1) is 14.0. The van der Waals surface area contributed by atoms with Gasteiger partial charge in [0, 0.05) is 50.4 Å². The Morgan fingerprint density at radius 3 is 2.66 bits per heavy atom. The number of hydrogen-bond donors (Lipinski definition) is 1. The Kier molecular flexibility index (Phi) is 7.51. The molecule has 1 aromatic carbocycles. The van der Waals surface area contributed by atoms with Crippen molar-refractivity contribution in [3.05, 3.63) is 52.9 Å². The van der Waals surface area contributed by atoms with Crippen LogP contribution < -0.4 is 5.32 Å². The molecule has 10 heteroatoms. The Labute approximate surface area is 176 Å². The summed E-state index contributed by atoms with van der Waals surface area (Å²) >= 11 is 6.21. The molecule has 1 aliphatic heterocycles. The largest absolute Gasteiger partial charge is 0.364 e. The van der Waals surface area contributed by atoms with Gasteiger partial charge in [0.1, 0.15) is 12.0 Å². The van der Waals surface area contributed by atoms with Gasteiger partial charge in [-0.3, -0.25) is 4.99 Å². The highest BCUT2D eigenvalue weighted by Crippen LogP contribution is 2.16. The van der Waals surface area contributed by atoms with E-state index in [1.807, 2.05) is 31.2 Å². The molecule has 1 N–H and O–H groups in total. The van der Waals surface area contributed by atoms with Gasteiger partial charge in [-0.05, 0) is 25.0 Å². The highest BCUT2D eigenvalue weighted by Gasteiger charge is 2.28. The van der Waals surface area contributed by atoms with Crippen molar-refractivity contribution in [1.29, 1.82) is 0 Å². The number of guanidine groups is 1. The van der Waals surface area contributed by atoms with Crippen molar-refractivity contribution in [3.8, 4) is 0 Å². The molecule has 1 aromatic heterocycles. The van der Waals surface area contributed by atoms with Crippen molar-refractivity contribution < 1.29 is 12.9 Å². The first-order valence-corrected chi connectivity index (χ1v) is 11.6. The molecule has 0 unspecified atom stereocenters. The topological polar surface area (TPSA) is 91.0 Å². The average molecular weight is 440 g/mol. The molecule has 158 valence electrons. The van der Waals surface area contributed by atoms with Crippen LogP contribution in [0.1, 0.15) is 18.2 Å². The number of piperazine rings is 1. The standard InChI is InChI=1S/C19H26ClN5O3S/c1-2-21-19(22-9-7-16-5-3-4-6-18(16)20)24-10-12-25(13-11-24)29(26,27)15-17-8-14-28-23-17/h3-6,8,14H,2,7,9-13,15H2,1H3,(H,21,22). The fourth-order valence-electron chi connectivity index (χ4n) is 3.18. The predicted molar refractivity (Wildman–Crippen MR) is 113 cm³/mol. The number of hydrogen-bond acceptors (Lipinski definition) is 5. The molecule has 1 saturated heterocycles. The molecule has 0 spiro atoms. The summed E-state index contributed by atoms with van der Waals surface area (Å²) in [6.07, 6.45) is 2.13. The zero-order chi connectivity index (χ0) is 20.7. The van der Waals surface area contributed by atoms with E-state index in [1.165, 1.54) is 10.6 Å². The average Bonchev–Trinajstić information content (AvgIpc) is 3.21.